The van der Waals surface area contributed by atoms with Crippen LogP contribution in [0.1, 0.15) is 45.3 Å². The largest absolute Gasteiger partial charge is 0.407 e. The fourth-order valence-corrected chi connectivity index (χ4v) is 9.79. The van der Waals surface area contributed by atoms with Crippen LogP contribution in [0.4, 0.5) is 0 Å². The van der Waals surface area contributed by atoms with E-state index in [-0.39, 0.29) is 17.1 Å². The third-order valence-corrected chi connectivity index (χ3v) is 11.8. The number of aromatic nitrogens is 1. The number of nitrogens with zero attached hydrogens (tertiary/aromatic N) is 1. The molecule has 1 saturated heterocycles. The molecule has 3 aromatic rings. The van der Waals surface area contributed by atoms with Gasteiger partial charge in [-0.25, -0.2) is 0 Å². The summed E-state index contributed by atoms with van der Waals surface area (Å²) < 4.78 is 12.9. The predicted octanol–water partition coefficient (Wildman–Crippen LogP) is 4.49. The highest BCUT2D eigenvalue weighted by Gasteiger charge is 2.50. The number of ether oxygens (including phenoxy) is 1. The number of hydrogen-bond donors (Lipinski definition) is 1. The molecular formula is C28H35NO3Si. The van der Waals surface area contributed by atoms with Crippen LogP contribution in [0.2, 0.25) is 5.04 Å². The van der Waals surface area contributed by atoms with Crippen molar-refractivity contribution in [2.45, 2.75) is 50.9 Å². The maximum Gasteiger partial charge on any atom is 0.261 e. The third kappa shape index (κ3) is 4.97. The smallest absolute Gasteiger partial charge is 0.261 e. The first kappa shape index (κ1) is 23.8. The molecule has 1 fully saturated rings. The van der Waals surface area contributed by atoms with Crippen molar-refractivity contribution in [2.75, 3.05) is 13.2 Å². The number of rotatable bonds is 8. The Hall–Kier alpha value is -2.31. The van der Waals surface area contributed by atoms with E-state index in [1.807, 2.05) is 18.3 Å². The second-order valence-electron chi connectivity index (χ2n) is 9.93. The Morgan fingerprint density at radius 1 is 0.970 bits per heavy atom. The van der Waals surface area contributed by atoms with Crippen molar-refractivity contribution >= 4 is 18.7 Å². The van der Waals surface area contributed by atoms with Gasteiger partial charge in [-0.05, 0) is 39.9 Å². The van der Waals surface area contributed by atoms with Crippen molar-refractivity contribution in [1.29, 1.82) is 0 Å². The van der Waals surface area contributed by atoms with Gasteiger partial charge in [0.15, 0.2) is 0 Å². The summed E-state index contributed by atoms with van der Waals surface area (Å²) >= 11 is 0. The highest BCUT2D eigenvalue weighted by atomic mass is 28.4. The van der Waals surface area contributed by atoms with Crippen molar-refractivity contribution in [3.63, 3.8) is 0 Å². The first-order valence-corrected chi connectivity index (χ1v) is 13.8. The summed E-state index contributed by atoms with van der Waals surface area (Å²) in [5.74, 6) is 0.0527. The average molecular weight is 462 g/mol. The van der Waals surface area contributed by atoms with Crippen LogP contribution in [0.15, 0.2) is 85.2 Å². The summed E-state index contributed by atoms with van der Waals surface area (Å²) in [6.45, 7) is 7.92. The standard InChI is InChI=1S/C28H35NO3Si/c1-28(2,3)33(23-13-6-4-7-14-23,24-15-8-5-9-16-24)32-19-11-17-25-26(30)21-31-27(25)22-12-10-18-29-20-22/h4-10,12-16,18,20,25-27,30H,11,17,19,21H2,1-3H3. The summed E-state index contributed by atoms with van der Waals surface area (Å²) in [6, 6.07) is 25.4. The molecule has 3 atom stereocenters. The average Bonchev–Trinajstić information content (AvgIpc) is 3.20. The number of aliphatic hydroxyl groups excluding tert-OH is 1. The molecule has 3 unspecified atom stereocenters. The van der Waals surface area contributed by atoms with Crippen LogP contribution in [0.3, 0.4) is 0 Å². The maximum absolute atomic E-state index is 10.6. The monoisotopic (exact) mass is 461 g/mol. The van der Waals surface area contributed by atoms with Crippen LogP contribution in [-0.2, 0) is 9.16 Å². The van der Waals surface area contributed by atoms with Gasteiger partial charge in [0.1, 0.15) is 0 Å². The molecule has 2 aromatic carbocycles. The topological polar surface area (TPSA) is 51.6 Å². The molecule has 1 aromatic heterocycles. The minimum Gasteiger partial charge on any atom is -0.407 e. The van der Waals surface area contributed by atoms with Crippen LogP contribution in [0.5, 0.6) is 0 Å². The summed E-state index contributed by atoms with van der Waals surface area (Å²) in [5.41, 5.74) is 1.03. The molecule has 4 nitrogen and oxygen atoms in total. The molecule has 0 bridgehead atoms. The van der Waals surface area contributed by atoms with Crippen LogP contribution >= 0.6 is 0 Å². The lowest BCUT2D eigenvalue weighted by atomic mass is 9.90. The number of aliphatic hydroxyl groups is 1. The zero-order valence-electron chi connectivity index (χ0n) is 19.9. The number of pyridine rings is 1. The van der Waals surface area contributed by atoms with E-state index in [4.69, 9.17) is 9.16 Å². The first-order valence-electron chi connectivity index (χ1n) is 11.9. The van der Waals surface area contributed by atoms with E-state index < -0.39 is 14.4 Å². The van der Waals surface area contributed by atoms with Crippen LogP contribution in [0.25, 0.3) is 0 Å². The summed E-state index contributed by atoms with van der Waals surface area (Å²) in [5, 5.41) is 13.1. The second kappa shape index (κ2) is 10.3. The lowest BCUT2D eigenvalue weighted by molar-refractivity contribution is 0.0841. The molecular weight excluding hydrogens is 426 g/mol. The van der Waals surface area contributed by atoms with Gasteiger partial charge in [-0.15, -0.1) is 0 Å². The first-order chi connectivity index (χ1) is 15.9. The quantitative estimate of drug-likeness (QED) is 0.397. The van der Waals surface area contributed by atoms with Gasteiger partial charge >= 0.3 is 0 Å². The van der Waals surface area contributed by atoms with E-state index >= 15 is 0 Å². The Balaban J connectivity index is 1.53. The molecule has 2 heterocycles. The zero-order valence-corrected chi connectivity index (χ0v) is 20.9. The van der Waals surface area contributed by atoms with Gasteiger partial charge in [-0.2, -0.15) is 0 Å². The van der Waals surface area contributed by atoms with Gasteiger partial charge in [0.25, 0.3) is 8.32 Å². The molecule has 174 valence electrons. The lowest BCUT2D eigenvalue weighted by Gasteiger charge is -2.43. The number of hydrogen-bond acceptors (Lipinski definition) is 4. The fourth-order valence-electron chi connectivity index (χ4n) is 5.19. The van der Waals surface area contributed by atoms with Crippen molar-refractivity contribution in [1.82, 2.24) is 4.98 Å². The van der Waals surface area contributed by atoms with E-state index in [2.05, 4.69) is 86.4 Å². The van der Waals surface area contributed by atoms with Crippen molar-refractivity contribution in [2.24, 2.45) is 5.92 Å². The molecule has 4 rings (SSSR count). The van der Waals surface area contributed by atoms with E-state index in [1.54, 1.807) is 6.20 Å². The SMILES string of the molecule is CC(C)(C)[Si](OCCCC1C(O)COC1c1cccnc1)(c1ccccc1)c1ccccc1. The summed E-state index contributed by atoms with van der Waals surface area (Å²) in [4.78, 5) is 4.23. The summed E-state index contributed by atoms with van der Waals surface area (Å²) in [7, 11) is -2.53. The minimum atomic E-state index is -2.53. The normalized spacial score (nSPS) is 21.3. The molecule has 0 amide bonds. The van der Waals surface area contributed by atoms with E-state index in [0.29, 0.717) is 13.2 Å². The fraction of sp³-hybridized carbons (Fsp3) is 0.393. The van der Waals surface area contributed by atoms with Crippen molar-refractivity contribution < 1.29 is 14.3 Å². The van der Waals surface area contributed by atoms with Crippen molar-refractivity contribution in [3.05, 3.63) is 90.8 Å². The van der Waals surface area contributed by atoms with Crippen LogP contribution in [-0.4, -0.2) is 37.7 Å². The molecule has 1 aliphatic heterocycles. The van der Waals surface area contributed by atoms with Crippen LogP contribution in [0, 0.1) is 5.92 Å². The molecule has 1 aliphatic rings. The Morgan fingerprint density at radius 2 is 1.61 bits per heavy atom. The molecule has 1 N–H and O–H groups in total. The Kier molecular flexibility index (Phi) is 7.44. The highest BCUT2D eigenvalue weighted by Crippen LogP contribution is 2.39. The van der Waals surface area contributed by atoms with Gasteiger partial charge in [0.2, 0.25) is 0 Å². The molecule has 0 spiro atoms. The van der Waals surface area contributed by atoms with Gasteiger partial charge in [-0.1, -0.05) is 87.5 Å². The lowest BCUT2D eigenvalue weighted by Crippen LogP contribution is -2.66. The maximum atomic E-state index is 10.6. The molecule has 0 radical (unpaired) electrons. The Morgan fingerprint density at radius 3 is 2.15 bits per heavy atom. The third-order valence-electron chi connectivity index (χ3n) is 6.76. The summed E-state index contributed by atoms with van der Waals surface area (Å²) in [6.07, 6.45) is 4.76. The minimum absolute atomic E-state index is 0.0378. The molecule has 5 heteroatoms. The predicted molar refractivity (Wildman–Crippen MR) is 135 cm³/mol. The second-order valence-corrected chi connectivity index (χ2v) is 14.2. The Labute approximate surface area is 198 Å². The molecule has 33 heavy (non-hydrogen) atoms. The van der Waals surface area contributed by atoms with Gasteiger partial charge in [0, 0.05) is 24.9 Å². The molecule has 0 aliphatic carbocycles. The Bertz CT molecular complexity index is 952. The zero-order chi connectivity index (χ0) is 23.3. The van der Waals surface area contributed by atoms with Gasteiger partial charge in [-0.3, -0.25) is 4.98 Å². The molecule has 0 saturated carbocycles. The van der Waals surface area contributed by atoms with Gasteiger partial charge in [0.05, 0.1) is 18.8 Å². The van der Waals surface area contributed by atoms with E-state index in [0.717, 1.165) is 18.4 Å². The van der Waals surface area contributed by atoms with Gasteiger partial charge < -0.3 is 14.3 Å². The van der Waals surface area contributed by atoms with E-state index in [9.17, 15) is 5.11 Å². The highest BCUT2D eigenvalue weighted by molar-refractivity contribution is 6.99. The van der Waals surface area contributed by atoms with Crippen molar-refractivity contribution in [3.8, 4) is 0 Å². The number of benzene rings is 2. The van der Waals surface area contributed by atoms with E-state index in [1.165, 1.54) is 10.4 Å². The van der Waals surface area contributed by atoms with Crippen LogP contribution < -0.4 is 10.4 Å².